The molecule has 2 aromatic rings. The van der Waals surface area contributed by atoms with Gasteiger partial charge in [0.2, 0.25) is 0 Å². The van der Waals surface area contributed by atoms with Gasteiger partial charge in [-0.2, -0.15) is 5.10 Å². The second kappa shape index (κ2) is 6.11. The summed E-state index contributed by atoms with van der Waals surface area (Å²) in [6, 6.07) is 5.24. The van der Waals surface area contributed by atoms with Crippen LogP contribution in [-0.4, -0.2) is 14.8 Å². The Morgan fingerprint density at radius 3 is 2.75 bits per heavy atom. The summed E-state index contributed by atoms with van der Waals surface area (Å²) >= 11 is 14.5. The molecule has 0 fully saturated rings. The van der Waals surface area contributed by atoms with Gasteiger partial charge in [-0.15, -0.1) is 0 Å². The summed E-state index contributed by atoms with van der Waals surface area (Å²) < 4.78 is 8.44. The van der Waals surface area contributed by atoms with Crippen LogP contribution in [0.5, 0.6) is 5.75 Å². The number of thiocarbonyl (C=S) groups is 1. The second-order valence-electron chi connectivity index (χ2n) is 4.27. The van der Waals surface area contributed by atoms with Gasteiger partial charge in [-0.1, -0.05) is 23.8 Å². The van der Waals surface area contributed by atoms with Crippen LogP contribution in [0.4, 0.5) is 0 Å². The fraction of sp³-hybridized carbons (Fsp3) is 0.231. The molecule has 0 unspecified atom stereocenters. The molecule has 0 aliphatic carbocycles. The highest BCUT2D eigenvalue weighted by molar-refractivity contribution is 9.10. The van der Waals surface area contributed by atoms with Crippen LogP contribution in [0.15, 0.2) is 22.7 Å². The fourth-order valence-corrected chi connectivity index (χ4v) is 2.57. The molecule has 7 heteroatoms. The summed E-state index contributed by atoms with van der Waals surface area (Å²) in [7, 11) is 1.87. The molecule has 4 nitrogen and oxygen atoms in total. The first-order chi connectivity index (χ1) is 9.40. The minimum absolute atomic E-state index is 0.309. The Kier molecular flexibility index (Phi) is 4.67. The molecule has 0 aliphatic rings. The topological polar surface area (TPSA) is 53.1 Å². The number of nitrogens with two attached hydrogens (primary N) is 1. The molecule has 1 aromatic carbocycles. The van der Waals surface area contributed by atoms with Crippen LogP contribution in [0.2, 0.25) is 5.02 Å². The zero-order valence-electron chi connectivity index (χ0n) is 11.0. The molecule has 0 saturated carbocycles. The monoisotopic (exact) mass is 373 g/mol. The van der Waals surface area contributed by atoms with Crippen molar-refractivity contribution < 1.29 is 4.74 Å². The maximum absolute atomic E-state index is 6.15. The number of hydrogen-bond acceptors (Lipinski definition) is 3. The van der Waals surface area contributed by atoms with Gasteiger partial charge in [-0.25, -0.2) is 0 Å². The van der Waals surface area contributed by atoms with Crippen molar-refractivity contribution in [1.29, 1.82) is 0 Å². The Morgan fingerprint density at radius 1 is 1.55 bits per heavy atom. The highest BCUT2D eigenvalue weighted by Crippen LogP contribution is 2.28. The highest BCUT2D eigenvalue weighted by atomic mass is 79.9. The molecule has 0 atom stereocenters. The maximum atomic E-state index is 6.15. The van der Waals surface area contributed by atoms with Crippen molar-refractivity contribution in [3.8, 4) is 5.75 Å². The van der Waals surface area contributed by atoms with Gasteiger partial charge in [0.25, 0.3) is 0 Å². The largest absolute Gasteiger partial charge is 0.486 e. The average molecular weight is 375 g/mol. The average Bonchev–Trinajstić information content (AvgIpc) is 2.62. The third-order valence-electron chi connectivity index (χ3n) is 2.84. The minimum atomic E-state index is 0.309. The van der Waals surface area contributed by atoms with E-state index in [0.29, 0.717) is 22.4 Å². The molecule has 0 radical (unpaired) electrons. The van der Waals surface area contributed by atoms with Gasteiger partial charge in [-0.05, 0) is 41.1 Å². The zero-order chi connectivity index (χ0) is 14.9. The van der Waals surface area contributed by atoms with Crippen LogP contribution in [0.3, 0.4) is 0 Å². The smallest absolute Gasteiger partial charge is 0.138 e. The summed E-state index contributed by atoms with van der Waals surface area (Å²) in [6.07, 6.45) is 0. The molecule has 0 saturated heterocycles. The Labute approximate surface area is 136 Å². The molecule has 2 rings (SSSR count). The number of nitrogens with zero attached hydrogens (tertiary/aromatic N) is 2. The van der Waals surface area contributed by atoms with Gasteiger partial charge in [-0.3, -0.25) is 4.68 Å². The van der Waals surface area contributed by atoms with E-state index in [1.54, 1.807) is 22.9 Å². The number of ether oxygens (including phenoxy) is 1. The predicted octanol–water partition coefficient (Wildman–Crippen LogP) is 3.36. The summed E-state index contributed by atoms with van der Waals surface area (Å²) in [5, 5.41) is 4.78. The van der Waals surface area contributed by atoms with Crippen LogP contribution >= 0.6 is 39.7 Å². The normalized spacial score (nSPS) is 10.6. The first-order valence-electron chi connectivity index (χ1n) is 5.80. The number of aryl methyl sites for hydroxylation is 2. The Morgan fingerprint density at radius 2 is 2.25 bits per heavy atom. The van der Waals surface area contributed by atoms with Gasteiger partial charge in [0, 0.05) is 12.6 Å². The van der Waals surface area contributed by atoms with E-state index in [9.17, 15) is 0 Å². The molecule has 0 bridgehead atoms. The lowest BCUT2D eigenvalue weighted by atomic mass is 10.2. The maximum Gasteiger partial charge on any atom is 0.138 e. The van der Waals surface area contributed by atoms with Gasteiger partial charge in [0.15, 0.2) is 0 Å². The molecular weight excluding hydrogens is 362 g/mol. The van der Waals surface area contributed by atoms with Crippen LogP contribution in [0, 0.1) is 6.92 Å². The lowest BCUT2D eigenvalue weighted by Crippen LogP contribution is -2.09. The van der Waals surface area contributed by atoms with E-state index < -0.39 is 0 Å². The van der Waals surface area contributed by atoms with Gasteiger partial charge >= 0.3 is 0 Å². The summed E-state index contributed by atoms with van der Waals surface area (Å²) in [6.45, 7) is 2.29. The van der Waals surface area contributed by atoms with E-state index in [1.165, 1.54) is 0 Å². The minimum Gasteiger partial charge on any atom is -0.486 e. The molecule has 1 heterocycles. The molecule has 0 aliphatic heterocycles. The summed E-state index contributed by atoms with van der Waals surface area (Å²) in [5.41, 5.74) is 8.13. The van der Waals surface area contributed by atoms with E-state index in [1.807, 2.05) is 14.0 Å². The van der Waals surface area contributed by atoms with Crippen molar-refractivity contribution in [1.82, 2.24) is 9.78 Å². The molecule has 1 aromatic heterocycles. The standard InChI is InChI=1S/C13H13BrClN3OS/c1-7-12(14)10(18(2)17-7)6-19-11-4-3-8(13(16)20)5-9(11)15/h3-5H,6H2,1-2H3,(H2,16,20). The lowest BCUT2D eigenvalue weighted by Gasteiger charge is -2.10. The Bertz CT molecular complexity index is 672. The fourth-order valence-electron chi connectivity index (χ4n) is 1.75. The van der Waals surface area contributed by atoms with Crippen molar-refractivity contribution in [2.24, 2.45) is 12.8 Å². The summed E-state index contributed by atoms with van der Waals surface area (Å²) in [5.74, 6) is 0.581. The van der Waals surface area contributed by atoms with Crippen molar-refractivity contribution >= 4 is 44.7 Å². The number of hydrogen-bond donors (Lipinski definition) is 1. The van der Waals surface area contributed by atoms with Gasteiger partial charge in [0.05, 0.1) is 20.9 Å². The SMILES string of the molecule is Cc1nn(C)c(COc2ccc(C(N)=S)cc2Cl)c1Br. The van der Waals surface area contributed by atoms with E-state index in [0.717, 1.165) is 21.4 Å². The van der Waals surface area contributed by atoms with Crippen LogP contribution in [0.25, 0.3) is 0 Å². The van der Waals surface area contributed by atoms with Crippen molar-refractivity contribution in [3.05, 3.63) is 44.6 Å². The van der Waals surface area contributed by atoms with E-state index in [2.05, 4.69) is 21.0 Å². The lowest BCUT2D eigenvalue weighted by molar-refractivity contribution is 0.294. The third-order valence-corrected chi connectivity index (χ3v) is 4.41. The van der Waals surface area contributed by atoms with Crippen molar-refractivity contribution in [3.63, 3.8) is 0 Å². The van der Waals surface area contributed by atoms with E-state index in [4.69, 9.17) is 34.3 Å². The first-order valence-corrected chi connectivity index (χ1v) is 7.38. The van der Waals surface area contributed by atoms with Crippen LogP contribution in [-0.2, 0) is 13.7 Å². The van der Waals surface area contributed by atoms with Gasteiger partial charge < -0.3 is 10.5 Å². The zero-order valence-corrected chi connectivity index (χ0v) is 14.1. The van der Waals surface area contributed by atoms with E-state index >= 15 is 0 Å². The van der Waals surface area contributed by atoms with Crippen LogP contribution in [0.1, 0.15) is 17.0 Å². The molecule has 2 N–H and O–H groups in total. The van der Waals surface area contributed by atoms with E-state index in [-0.39, 0.29) is 0 Å². The predicted molar refractivity (Wildman–Crippen MR) is 87.3 cm³/mol. The van der Waals surface area contributed by atoms with Crippen molar-refractivity contribution in [2.45, 2.75) is 13.5 Å². The molecular formula is C13H13BrClN3OS. The number of aromatic nitrogens is 2. The Balaban J connectivity index is 2.17. The van der Waals surface area contributed by atoms with Gasteiger partial charge in [0.1, 0.15) is 17.3 Å². The third kappa shape index (κ3) is 3.13. The summed E-state index contributed by atoms with van der Waals surface area (Å²) in [4.78, 5) is 0.309. The molecule has 106 valence electrons. The molecule has 20 heavy (non-hydrogen) atoms. The highest BCUT2D eigenvalue weighted by Gasteiger charge is 2.12. The number of benzene rings is 1. The number of halogens is 2. The quantitative estimate of drug-likeness (QED) is 0.834. The Hall–Kier alpha value is -1.11. The molecule has 0 amide bonds. The second-order valence-corrected chi connectivity index (χ2v) is 5.91. The van der Waals surface area contributed by atoms with Crippen molar-refractivity contribution in [2.75, 3.05) is 0 Å². The molecule has 0 spiro atoms. The van der Waals surface area contributed by atoms with Crippen LogP contribution < -0.4 is 10.5 Å². The first kappa shape index (κ1) is 15.3. The number of rotatable bonds is 4.